The summed E-state index contributed by atoms with van der Waals surface area (Å²) in [5.41, 5.74) is 6.51. The van der Waals surface area contributed by atoms with Crippen LogP contribution in [0, 0.1) is 26.6 Å². The van der Waals surface area contributed by atoms with E-state index in [1.807, 2.05) is 60.8 Å². The highest BCUT2D eigenvalue weighted by Crippen LogP contribution is 2.29. The van der Waals surface area contributed by atoms with Crippen molar-refractivity contribution in [3.63, 3.8) is 0 Å². The van der Waals surface area contributed by atoms with E-state index in [9.17, 15) is 18.0 Å². The highest BCUT2D eigenvalue weighted by Gasteiger charge is 2.23. The number of ketones is 1. The van der Waals surface area contributed by atoms with Crippen LogP contribution in [-0.4, -0.2) is 21.3 Å². The Labute approximate surface area is 261 Å². The minimum absolute atomic E-state index is 0.0545. The molecule has 7 heteroatoms. The van der Waals surface area contributed by atoms with E-state index in [0.717, 1.165) is 67.1 Å². The molecule has 0 aliphatic rings. The zero-order valence-corrected chi connectivity index (χ0v) is 27.6. The van der Waals surface area contributed by atoms with Gasteiger partial charge in [0.2, 0.25) is 0 Å². The molecule has 2 heterocycles. The largest absolute Gasteiger partial charge is 0.433 e. The topological polar surface area (TPSA) is 43.6 Å². The van der Waals surface area contributed by atoms with E-state index in [-0.39, 0.29) is 17.3 Å². The first-order valence-corrected chi connectivity index (χ1v) is 15.7. The third-order valence-corrected chi connectivity index (χ3v) is 7.26. The van der Waals surface area contributed by atoms with Crippen LogP contribution in [0.4, 0.5) is 13.2 Å². The van der Waals surface area contributed by atoms with Crippen molar-refractivity contribution < 1.29 is 22.7 Å². The number of halogens is 3. The summed E-state index contributed by atoms with van der Waals surface area (Å²) < 4.78 is 44.7. The van der Waals surface area contributed by atoms with Crippen LogP contribution in [-0.2, 0) is 6.42 Å². The number of aromatic nitrogens is 2. The third kappa shape index (κ3) is 11.8. The molecule has 0 radical (unpaired) electrons. The zero-order valence-electron chi connectivity index (χ0n) is 27.6. The fraction of sp³-hybridized carbons (Fsp3) is 0.459. The fourth-order valence-corrected chi connectivity index (χ4v) is 5.06. The number of imidazole rings is 1. The monoisotopic (exact) mass is 610 g/mol. The molecular weight excluding hydrogens is 561 g/mol. The Hall–Kier alpha value is -3.61. The number of Topliss-reactive ketones (excluding diaryl/α,β-unsaturated/α-hetero) is 1. The van der Waals surface area contributed by atoms with Gasteiger partial charge in [-0.05, 0) is 98.5 Å². The van der Waals surface area contributed by atoms with Crippen LogP contribution in [0.2, 0.25) is 0 Å². The molecule has 0 saturated heterocycles. The Balaban J connectivity index is 0.000000239. The number of fused-ring (bicyclic) bond motifs is 1. The van der Waals surface area contributed by atoms with Crippen molar-refractivity contribution >= 4 is 11.4 Å². The molecule has 0 spiro atoms. The van der Waals surface area contributed by atoms with Crippen molar-refractivity contribution in [1.82, 2.24) is 9.38 Å². The second kappa shape index (κ2) is 17.6. The van der Waals surface area contributed by atoms with Gasteiger partial charge in [-0.15, -0.1) is 0 Å². The van der Waals surface area contributed by atoms with Gasteiger partial charge in [0.15, 0.2) is 5.78 Å². The van der Waals surface area contributed by atoms with Crippen LogP contribution >= 0.6 is 0 Å². The minimum Gasteiger partial charge on any atom is -0.433 e. The van der Waals surface area contributed by atoms with Gasteiger partial charge in [-0.3, -0.25) is 9.20 Å². The third-order valence-electron chi connectivity index (χ3n) is 7.26. The van der Waals surface area contributed by atoms with Gasteiger partial charge in [0.25, 0.3) is 0 Å². The van der Waals surface area contributed by atoms with Crippen molar-refractivity contribution in [1.29, 1.82) is 0 Å². The van der Waals surface area contributed by atoms with Gasteiger partial charge in [0.05, 0.1) is 5.69 Å². The number of aryl methyl sites for hydroxylation is 4. The van der Waals surface area contributed by atoms with Crippen molar-refractivity contribution in [3.8, 4) is 5.75 Å². The Bertz CT molecular complexity index is 1460. The average Bonchev–Trinajstić information content (AvgIpc) is 3.28. The lowest BCUT2D eigenvalue weighted by Gasteiger charge is -2.18. The summed E-state index contributed by atoms with van der Waals surface area (Å²) in [6.07, 6.45) is 6.64. The Kier molecular flexibility index (Phi) is 14.7. The minimum atomic E-state index is -3.12. The van der Waals surface area contributed by atoms with Gasteiger partial charge >= 0.3 is 6.11 Å². The van der Waals surface area contributed by atoms with Crippen molar-refractivity contribution in [3.05, 3.63) is 100 Å². The number of carbonyl (C=O) groups is 1. The number of pyridine rings is 1. The Morgan fingerprint density at radius 3 is 2.16 bits per heavy atom. The van der Waals surface area contributed by atoms with Gasteiger partial charge in [0, 0.05) is 20.0 Å². The van der Waals surface area contributed by atoms with Crippen LogP contribution in [0.5, 0.6) is 5.75 Å². The molecule has 240 valence electrons. The molecule has 0 amide bonds. The first kappa shape index (κ1) is 36.6. The van der Waals surface area contributed by atoms with E-state index in [1.54, 1.807) is 32.0 Å². The van der Waals surface area contributed by atoms with E-state index in [1.165, 1.54) is 18.4 Å². The maximum atomic E-state index is 12.9. The number of ether oxygens (including phenoxy) is 1. The predicted octanol–water partition coefficient (Wildman–Crippen LogP) is 11.0. The SMILES string of the molecule is CC(=O)c1c(C)nc2cc(C)ccn12.CCCCC(CCC)c1ccc(OC(C)(F)F)cc1.CCCc1ccc(C)c(F)c1. The quantitative estimate of drug-likeness (QED) is 0.159. The number of hydrogen-bond acceptors (Lipinski definition) is 3. The lowest BCUT2D eigenvalue weighted by atomic mass is 9.90. The van der Waals surface area contributed by atoms with Crippen LogP contribution in [0.1, 0.15) is 117 Å². The molecule has 2 aromatic carbocycles. The number of benzene rings is 2. The Morgan fingerprint density at radius 2 is 1.61 bits per heavy atom. The first-order valence-electron chi connectivity index (χ1n) is 15.7. The van der Waals surface area contributed by atoms with E-state index in [4.69, 9.17) is 0 Å². The molecule has 4 aromatic rings. The second-order valence-electron chi connectivity index (χ2n) is 11.5. The highest BCUT2D eigenvalue weighted by molar-refractivity contribution is 5.94. The van der Waals surface area contributed by atoms with E-state index in [2.05, 4.69) is 30.5 Å². The molecule has 0 saturated carbocycles. The fourth-order valence-electron chi connectivity index (χ4n) is 5.06. The number of hydrogen-bond donors (Lipinski definition) is 0. The molecule has 0 aliphatic heterocycles. The van der Waals surface area contributed by atoms with E-state index < -0.39 is 6.11 Å². The summed E-state index contributed by atoms with van der Waals surface area (Å²) in [6, 6.07) is 16.5. The molecule has 1 unspecified atom stereocenters. The summed E-state index contributed by atoms with van der Waals surface area (Å²) in [5.74, 6) is 0.720. The van der Waals surface area contributed by atoms with Gasteiger partial charge in [-0.25, -0.2) is 9.37 Å². The maximum absolute atomic E-state index is 12.9. The van der Waals surface area contributed by atoms with Gasteiger partial charge in [-0.1, -0.05) is 70.7 Å². The number of rotatable bonds is 11. The van der Waals surface area contributed by atoms with Gasteiger partial charge in [-0.2, -0.15) is 8.78 Å². The van der Waals surface area contributed by atoms with Crippen LogP contribution in [0.3, 0.4) is 0 Å². The normalized spacial score (nSPS) is 11.7. The molecule has 4 nitrogen and oxygen atoms in total. The summed E-state index contributed by atoms with van der Waals surface area (Å²) in [5, 5.41) is 0. The number of carbonyl (C=O) groups excluding carboxylic acids is 1. The molecule has 0 fully saturated rings. The van der Waals surface area contributed by atoms with Gasteiger partial charge < -0.3 is 4.74 Å². The molecule has 0 bridgehead atoms. The maximum Gasteiger partial charge on any atom is 0.394 e. The van der Waals surface area contributed by atoms with E-state index >= 15 is 0 Å². The highest BCUT2D eigenvalue weighted by atomic mass is 19.3. The lowest BCUT2D eigenvalue weighted by Crippen LogP contribution is -2.19. The van der Waals surface area contributed by atoms with Gasteiger partial charge in [0.1, 0.15) is 22.9 Å². The van der Waals surface area contributed by atoms with Crippen molar-refractivity contribution in [2.24, 2.45) is 0 Å². The van der Waals surface area contributed by atoms with E-state index in [0.29, 0.717) is 11.6 Å². The summed E-state index contributed by atoms with van der Waals surface area (Å²) in [7, 11) is 0. The molecule has 2 aromatic heterocycles. The average molecular weight is 611 g/mol. The summed E-state index contributed by atoms with van der Waals surface area (Å²) in [4.78, 5) is 15.7. The zero-order chi connectivity index (χ0) is 32.9. The number of nitrogens with zero attached hydrogens (tertiary/aromatic N) is 2. The lowest BCUT2D eigenvalue weighted by molar-refractivity contribution is -0.158. The first-order chi connectivity index (χ1) is 20.8. The second-order valence-corrected chi connectivity index (χ2v) is 11.5. The molecular formula is C37H49F3N2O2. The molecule has 0 N–H and O–H groups in total. The number of alkyl halides is 2. The molecule has 44 heavy (non-hydrogen) atoms. The molecule has 4 rings (SSSR count). The molecule has 0 aliphatic carbocycles. The predicted molar refractivity (Wildman–Crippen MR) is 175 cm³/mol. The Morgan fingerprint density at radius 1 is 0.932 bits per heavy atom. The van der Waals surface area contributed by atoms with Crippen molar-refractivity contribution in [2.45, 2.75) is 112 Å². The van der Waals surface area contributed by atoms with Crippen molar-refractivity contribution in [2.75, 3.05) is 0 Å². The smallest absolute Gasteiger partial charge is 0.394 e. The number of unbranched alkanes of at least 4 members (excludes halogenated alkanes) is 1. The van der Waals surface area contributed by atoms with Crippen LogP contribution in [0.25, 0.3) is 5.65 Å². The molecule has 1 atom stereocenters. The van der Waals surface area contributed by atoms with Crippen LogP contribution in [0.15, 0.2) is 60.8 Å². The summed E-state index contributed by atoms with van der Waals surface area (Å²) >= 11 is 0. The standard InChI is InChI=1S/C16H24F2O.C11H12N2O.C10H13F/c1-4-6-8-13(7-5-2)14-9-11-15(12-10-14)19-16(3,17)18;1-7-4-5-13-10(6-7)12-8(2)11(13)9(3)14;1-3-4-9-6-5-8(2)10(11)7-9/h9-13H,4-8H2,1-3H3;4-6H,1-3H3;5-7H,3-4H2,1-2H3. The summed E-state index contributed by atoms with van der Waals surface area (Å²) in [6.45, 7) is 14.4. The van der Waals surface area contributed by atoms with Crippen LogP contribution < -0.4 is 4.74 Å².